The van der Waals surface area contributed by atoms with E-state index in [9.17, 15) is 9.59 Å². The monoisotopic (exact) mass is 334 g/mol. The molecule has 0 N–H and O–H groups in total. The molecule has 10 nitrogen and oxygen atoms in total. The smallest absolute Gasteiger partial charge is 0.413 e. The SMILES string of the molecule is [N-]=[N+]=CC(=O)OCCOc1ccccc1OCCOC(=O)C=[N+]=[N-]. The average molecular weight is 334 g/mol. The van der Waals surface area contributed by atoms with Gasteiger partial charge in [0.2, 0.25) is 0 Å². The molecule has 0 fully saturated rings. The van der Waals surface area contributed by atoms with Crippen LogP contribution in [-0.4, -0.2) is 60.4 Å². The van der Waals surface area contributed by atoms with Crippen LogP contribution in [-0.2, 0) is 19.1 Å². The van der Waals surface area contributed by atoms with Gasteiger partial charge >= 0.3 is 24.4 Å². The van der Waals surface area contributed by atoms with Gasteiger partial charge in [0.1, 0.15) is 26.4 Å². The highest BCUT2D eigenvalue weighted by molar-refractivity contribution is 6.20. The molecule has 0 unspecified atom stereocenters. The molecule has 0 aromatic heterocycles. The van der Waals surface area contributed by atoms with Crippen molar-refractivity contribution in [3.8, 4) is 11.5 Å². The fourth-order valence-electron chi connectivity index (χ4n) is 1.45. The Morgan fingerprint density at radius 2 is 1.25 bits per heavy atom. The number of esters is 2. The molecule has 0 bridgehead atoms. The molecule has 0 heterocycles. The summed E-state index contributed by atoms with van der Waals surface area (Å²) in [5.41, 5.74) is 16.3. The molecule has 0 saturated heterocycles. The first-order valence-corrected chi connectivity index (χ1v) is 6.70. The minimum atomic E-state index is -0.793. The van der Waals surface area contributed by atoms with Crippen LogP contribution in [0.5, 0.6) is 11.5 Å². The van der Waals surface area contributed by atoms with Gasteiger partial charge in [-0.05, 0) is 12.1 Å². The zero-order valence-corrected chi connectivity index (χ0v) is 12.5. The van der Waals surface area contributed by atoms with Crippen molar-refractivity contribution >= 4 is 24.4 Å². The molecule has 1 rings (SSSR count). The van der Waals surface area contributed by atoms with Crippen LogP contribution in [0.1, 0.15) is 0 Å². The Morgan fingerprint density at radius 3 is 1.62 bits per heavy atom. The number of rotatable bonds is 10. The summed E-state index contributed by atoms with van der Waals surface area (Å²) in [6.45, 7) is 0.0370. The fraction of sp³-hybridized carbons (Fsp3) is 0.286. The van der Waals surface area contributed by atoms with Crippen LogP contribution in [0.2, 0.25) is 0 Å². The van der Waals surface area contributed by atoms with Gasteiger partial charge in [0, 0.05) is 0 Å². The van der Waals surface area contributed by atoms with E-state index in [-0.39, 0.29) is 26.4 Å². The highest BCUT2D eigenvalue weighted by Crippen LogP contribution is 2.26. The molecule has 1 aromatic rings. The van der Waals surface area contributed by atoms with Crippen molar-refractivity contribution in [2.75, 3.05) is 26.4 Å². The van der Waals surface area contributed by atoms with E-state index in [2.05, 4.69) is 19.1 Å². The topological polar surface area (TPSA) is 144 Å². The van der Waals surface area contributed by atoms with Gasteiger partial charge in [-0.3, -0.25) is 0 Å². The third-order valence-electron chi connectivity index (χ3n) is 2.35. The van der Waals surface area contributed by atoms with E-state index in [1.165, 1.54) is 0 Å². The standard InChI is InChI=1S/C14H14N4O6/c15-17-9-13(19)23-7-5-21-11-3-1-2-4-12(11)22-6-8-24-14(20)10-18-16/h1-4,9-10H,5-8H2. The van der Waals surface area contributed by atoms with Gasteiger partial charge in [0.25, 0.3) is 0 Å². The molecule has 126 valence electrons. The second-order valence-corrected chi connectivity index (χ2v) is 3.97. The van der Waals surface area contributed by atoms with E-state index in [1.54, 1.807) is 24.3 Å². The zero-order valence-electron chi connectivity index (χ0n) is 12.5. The molecule has 0 amide bonds. The first-order chi connectivity index (χ1) is 11.7. The maximum absolute atomic E-state index is 10.9. The number of benzene rings is 1. The van der Waals surface area contributed by atoms with Gasteiger partial charge in [0.15, 0.2) is 11.5 Å². The molecule has 10 heteroatoms. The summed E-state index contributed by atoms with van der Waals surface area (Å²) >= 11 is 0. The molecular formula is C14H14N4O6. The summed E-state index contributed by atoms with van der Waals surface area (Å²) in [6, 6.07) is 6.75. The van der Waals surface area contributed by atoms with Gasteiger partial charge in [-0.2, -0.15) is 9.58 Å². The van der Waals surface area contributed by atoms with Crippen molar-refractivity contribution in [1.82, 2.24) is 0 Å². The fourth-order valence-corrected chi connectivity index (χ4v) is 1.45. The second-order valence-electron chi connectivity index (χ2n) is 3.97. The van der Waals surface area contributed by atoms with E-state index in [4.69, 9.17) is 20.5 Å². The molecule has 0 aliphatic rings. The highest BCUT2D eigenvalue weighted by Gasteiger charge is 2.07. The minimum Gasteiger partial charge on any atom is -0.486 e. The van der Waals surface area contributed by atoms with Crippen LogP contribution in [0, 0.1) is 0 Å². The number of hydrogen-bond acceptors (Lipinski definition) is 6. The zero-order chi connectivity index (χ0) is 17.6. The predicted molar refractivity (Wildman–Crippen MR) is 78.7 cm³/mol. The highest BCUT2D eigenvalue weighted by atomic mass is 16.6. The summed E-state index contributed by atoms with van der Waals surface area (Å²) < 4.78 is 20.2. The molecule has 0 atom stereocenters. The van der Waals surface area contributed by atoms with E-state index in [1.807, 2.05) is 0 Å². The number of hydrogen-bond donors (Lipinski definition) is 0. The van der Waals surface area contributed by atoms with Crippen LogP contribution >= 0.6 is 0 Å². The number of carbonyl (C=O) groups excluding carboxylic acids is 2. The lowest BCUT2D eigenvalue weighted by Gasteiger charge is -2.12. The van der Waals surface area contributed by atoms with E-state index in [0.29, 0.717) is 23.9 Å². The minimum absolute atomic E-state index is 0.0444. The average Bonchev–Trinajstić information content (AvgIpc) is 2.57. The summed E-state index contributed by atoms with van der Waals surface area (Å²) in [5.74, 6) is -0.766. The maximum Gasteiger partial charge on any atom is 0.413 e. The molecule has 0 aliphatic carbocycles. The van der Waals surface area contributed by atoms with Crippen LogP contribution in [0.25, 0.3) is 11.1 Å². The van der Waals surface area contributed by atoms with Crippen LogP contribution in [0.4, 0.5) is 0 Å². The van der Waals surface area contributed by atoms with Crippen LogP contribution in [0.3, 0.4) is 0 Å². The van der Waals surface area contributed by atoms with Crippen molar-refractivity contribution in [2.24, 2.45) is 0 Å². The largest absolute Gasteiger partial charge is 0.486 e. The Hall–Kier alpha value is -3.48. The Bertz CT molecular complexity index is 608. The third-order valence-corrected chi connectivity index (χ3v) is 2.35. The lowest BCUT2D eigenvalue weighted by Crippen LogP contribution is -2.15. The second kappa shape index (κ2) is 11.1. The van der Waals surface area contributed by atoms with Gasteiger partial charge in [-0.15, -0.1) is 0 Å². The molecular weight excluding hydrogens is 320 g/mol. The first-order valence-electron chi connectivity index (χ1n) is 6.70. The van der Waals surface area contributed by atoms with Crippen molar-refractivity contribution < 1.29 is 38.1 Å². The normalized spacial score (nSPS) is 9.00. The Kier molecular flexibility index (Phi) is 8.62. The maximum atomic E-state index is 10.9. The first kappa shape index (κ1) is 18.6. The van der Waals surface area contributed by atoms with Crippen LogP contribution < -0.4 is 9.47 Å². The lowest BCUT2D eigenvalue weighted by atomic mass is 10.3. The van der Waals surface area contributed by atoms with Crippen LogP contribution in [0.15, 0.2) is 24.3 Å². The molecule has 0 spiro atoms. The number of carbonyl (C=O) groups is 2. The van der Waals surface area contributed by atoms with E-state index in [0.717, 1.165) is 0 Å². The quantitative estimate of drug-likeness (QED) is 0.195. The van der Waals surface area contributed by atoms with Crippen molar-refractivity contribution in [3.63, 3.8) is 0 Å². The van der Waals surface area contributed by atoms with Gasteiger partial charge < -0.3 is 30.0 Å². The molecule has 0 radical (unpaired) electrons. The molecule has 24 heavy (non-hydrogen) atoms. The van der Waals surface area contributed by atoms with Crippen molar-refractivity contribution in [3.05, 3.63) is 35.3 Å². The Balaban J connectivity index is 2.38. The van der Waals surface area contributed by atoms with Gasteiger partial charge in [-0.1, -0.05) is 12.1 Å². The summed E-state index contributed by atoms with van der Waals surface area (Å²) in [5, 5.41) is 0. The van der Waals surface area contributed by atoms with Crippen molar-refractivity contribution in [1.29, 1.82) is 0 Å². The number of nitrogens with zero attached hydrogens (tertiary/aromatic N) is 4. The predicted octanol–water partition coefficient (Wildman–Crippen LogP) is 0.132. The number of para-hydroxylation sites is 2. The summed E-state index contributed by atoms with van der Waals surface area (Å²) in [6.07, 6.45) is 1.25. The molecule has 0 aliphatic heterocycles. The summed E-state index contributed by atoms with van der Waals surface area (Å²) in [4.78, 5) is 26.9. The lowest BCUT2D eigenvalue weighted by molar-refractivity contribution is -0.140. The molecule has 1 aromatic carbocycles. The Morgan fingerprint density at radius 1 is 0.833 bits per heavy atom. The van der Waals surface area contributed by atoms with Gasteiger partial charge in [0.05, 0.1) is 0 Å². The van der Waals surface area contributed by atoms with E-state index < -0.39 is 11.9 Å². The Labute approximate surface area is 136 Å². The van der Waals surface area contributed by atoms with E-state index >= 15 is 0 Å². The van der Waals surface area contributed by atoms with Gasteiger partial charge in [-0.25, -0.2) is 9.59 Å². The third kappa shape index (κ3) is 7.51. The van der Waals surface area contributed by atoms with Crippen molar-refractivity contribution in [2.45, 2.75) is 0 Å². The molecule has 0 saturated carbocycles. The number of ether oxygens (including phenoxy) is 4. The summed E-state index contributed by atoms with van der Waals surface area (Å²) in [7, 11) is 0.